The van der Waals surface area contributed by atoms with Crippen LogP contribution in [-0.2, 0) is 9.53 Å². The van der Waals surface area contributed by atoms with Gasteiger partial charge in [0.05, 0.1) is 32.4 Å². The van der Waals surface area contributed by atoms with Gasteiger partial charge in [0.2, 0.25) is 5.91 Å². The maximum absolute atomic E-state index is 12.0. The van der Waals surface area contributed by atoms with Crippen LogP contribution in [-0.4, -0.2) is 60.9 Å². The molecule has 17 heavy (non-hydrogen) atoms. The van der Waals surface area contributed by atoms with Crippen LogP contribution in [0.25, 0.3) is 0 Å². The van der Waals surface area contributed by atoms with E-state index in [4.69, 9.17) is 4.74 Å². The largest absolute Gasteiger partial charge is 0.394 e. The van der Waals surface area contributed by atoms with Crippen LogP contribution in [0.3, 0.4) is 0 Å². The van der Waals surface area contributed by atoms with Gasteiger partial charge in [0, 0.05) is 12.6 Å². The minimum Gasteiger partial charge on any atom is -0.394 e. The molecule has 0 aromatic carbocycles. The van der Waals surface area contributed by atoms with Crippen LogP contribution >= 0.6 is 0 Å². The third-order valence-electron chi connectivity index (χ3n) is 3.66. The SMILES string of the molecule is O=C(CNC1CCCC1)N1CCOCC1CO. The molecule has 0 bridgehead atoms. The lowest BCUT2D eigenvalue weighted by atomic mass is 10.2. The molecule has 5 nitrogen and oxygen atoms in total. The highest BCUT2D eigenvalue weighted by Gasteiger charge is 2.27. The first-order valence-corrected chi connectivity index (χ1v) is 6.52. The minimum atomic E-state index is -0.165. The Bertz CT molecular complexity index is 254. The van der Waals surface area contributed by atoms with Crippen LogP contribution < -0.4 is 5.32 Å². The lowest BCUT2D eigenvalue weighted by molar-refractivity contribution is -0.140. The van der Waals surface area contributed by atoms with Gasteiger partial charge < -0.3 is 20.1 Å². The lowest BCUT2D eigenvalue weighted by Gasteiger charge is -2.34. The summed E-state index contributed by atoms with van der Waals surface area (Å²) in [4.78, 5) is 13.8. The zero-order chi connectivity index (χ0) is 12.1. The van der Waals surface area contributed by atoms with Crippen molar-refractivity contribution < 1.29 is 14.6 Å². The molecule has 0 aromatic rings. The first-order chi connectivity index (χ1) is 8.31. The topological polar surface area (TPSA) is 61.8 Å². The quantitative estimate of drug-likeness (QED) is 0.713. The molecule has 0 aromatic heterocycles. The molecule has 0 spiro atoms. The predicted octanol–water partition coefficient (Wildman–Crippen LogP) is -0.262. The van der Waals surface area contributed by atoms with Crippen molar-refractivity contribution in [1.82, 2.24) is 10.2 Å². The summed E-state index contributed by atoms with van der Waals surface area (Å²) in [6.07, 6.45) is 4.89. The van der Waals surface area contributed by atoms with Crippen molar-refractivity contribution in [2.45, 2.75) is 37.8 Å². The second-order valence-corrected chi connectivity index (χ2v) is 4.86. The molecule has 1 aliphatic carbocycles. The van der Waals surface area contributed by atoms with E-state index < -0.39 is 0 Å². The van der Waals surface area contributed by atoms with Gasteiger partial charge in [-0.1, -0.05) is 12.8 Å². The van der Waals surface area contributed by atoms with Gasteiger partial charge in [0.1, 0.15) is 0 Å². The number of hydrogen-bond acceptors (Lipinski definition) is 4. The van der Waals surface area contributed by atoms with E-state index in [-0.39, 0.29) is 18.6 Å². The van der Waals surface area contributed by atoms with E-state index in [2.05, 4.69) is 5.32 Å². The molecular weight excluding hydrogens is 220 g/mol. The highest BCUT2D eigenvalue weighted by Crippen LogP contribution is 2.17. The zero-order valence-electron chi connectivity index (χ0n) is 10.2. The number of amides is 1. The molecule has 2 aliphatic rings. The van der Waals surface area contributed by atoms with Gasteiger partial charge in [-0.25, -0.2) is 0 Å². The number of rotatable bonds is 4. The molecule has 1 unspecified atom stereocenters. The van der Waals surface area contributed by atoms with Gasteiger partial charge in [-0.2, -0.15) is 0 Å². The highest BCUT2D eigenvalue weighted by molar-refractivity contribution is 5.78. The zero-order valence-corrected chi connectivity index (χ0v) is 10.2. The van der Waals surface area contributed by atoms with Crippen LogP contribution in [0.4, 0.5) is 0 Å². The minimum absolute atomic E-state index is 0.0187. The van der Waals surface area contributed by atoms with Gasteiger partial charge in [-0.05, 0) is 12.8 Å². The predicted molar refractivity (Wildman–Crippen MR) is 63.7 cm³/mol. The number of nitrogens with one attached hydrogen (secondary N) is 1. The first kappa shape index (κ1) is 12.8. The van der Waals surface area contributed by atoms with Gasteiger partial charge >= 0.3 is 0 Å². The lowest BCUT2D eigenvalue weighted by Crippen LogP contribution is -2.53. The number of aliphatic hydroxyl groups is 1. The Morgan fingerprint density at radius 3 is 2.88 bits per heavy atom. The Morgan fingerprint density at radius 1 is 1.41 bits per heavy atom. The monoisotopic (exact) mass is 242 g/mol. The summed E-state index contributed by atoms with van der Waals surface area (Å²) < 4.78 is 5.26. The molecule has 5 heteroatoms. The number of nitrogens with zero attached hydrogens (tertiary/aromatic N) is 1. The fourth-order valence-corrected chi connectivity index (χ4v) is 2.60. The summed E-state index contributed by atoms with van der Waals surface area (Å²) in [6.45, 7) is 1.99. The van der Waals surface area contributed by atoms with E-state index in [0.717, 1.165) is 0 Å². The molecule has 1 amide bonds. The molecule has 1 heterocycles. The average Bonchev–Trinajstić information content (AvgIpc) is 2.89. The number of carbonyl (C=O) groups excluding carboxylic acids is 1. The third-order valence-corrected chi connectivity index (χ3v) is 3.66. The standard InChI is InChI=1S/C12H22N2O3/c15-8-11-9-17-6-5-14(11)12(16)7-13-10-3-1-2-4-10/h10-11,13,15H,1-9H2. The van der Waals surface area contributed by atoms with Crippen LogP contribution in [0.1, 0.15) is 25.7 Å². The van der Waals surface area contributed by atoms with E-state index >= 15 is 0 Å². The number of ether oxygens (including phenoxy) is 1. The first-order valence-electron chi connectivity index (χ1n) is 6.52. The van der Waals surface area contributed by atoms with E-state index in [1.54, 1.807) is 4.90 Å². The van der Waals surface area contributed by atoms with Crippen LogP contribution in [0, 0.1) is 0 Å². The molecule has 0 radical (unpaired) electrons. The van der Waals surface area contributed by atoms with Crippen molar-refractivity contribution in [3.05, 3.63) is 0 Å². The number of morpholine rings is 1. The van der Waals surface area contributed by atoms with Crippen molar-refractivity contribution in [2.24, 2.45) is 0 Å². The normalized spacial score (nSPS) is 26.4. The van der Waals surface area contributed by atoms with Crippen molar-refractivity contribution in [3.8, 4) is 0 Å². The summed E-state index contributed by atoms with van der Waals surface area (Å²) in [5.74, 6) is 0.0826. The maximum Gasteiger partial charge on any atom is 0.237 e. The molecule has 1 atom stereocenters. The fourth-order valence-electron chi connectivity index (χ4n) is 2.60. The van der Waals surface area contributed by atoms with Gasteiger partial charge in [0.25, 0.3) is 0 Å². The van der Waals surface area contributed by atoms with Crippen molar-refractivity contribution >= 4 is 5.91 Å². The van der Waals surface area contributed by atoms with E-state index in [1.165, 1.54) is 25.7 Å². The van der Waals surface area contributed by atoms with Crippen molar-refractivity contribution in [1.29, 1.82) is 0 Å². The van der Waals surface area contributed by atoms with Crippen molar-refractivity contribution in [3.63, 3.8) is 0 Å². The molecule has 1 aliphatic heterocycles. The summed E-state index contributed by atoms with van der Waals surface area (Å²) in [6, 6.07) is 0.342. The Labute approximate surface area is 102 Å². The van der Waals surface area contributed by atoms with E-state index in [1.807, 2.05) is 0 Å². The molecule has 98 valence electrons. The summed E-state index contributed by atoms with van der Waals surface area (Å²) in [5.41, 5.74) is 0. The Hall–Kier alpha value is -0.650. The van der Waals surface area contributed by atoms with Gasteiger partial charge in [-0.3, -0.25) is 4.79 Å². The molecule has 2 N–H and O–H groups in total. The highest BCUT2D eigenvalue weighted by atomic mass is 16.5. The Morgan fingerprint density at radius 2 is 2.18 bits per heavy atom. The van der Waals surface area contributed by atoms with Crippen molar-refractivity contribution in [2.75, 3.05) is 32.9 Å². The number of aliphatic hydroxyl groups excluding tert-OH is 1. The van der Waals surface area contributed by atoms with Gasteiger partial charge in [0.15, 0.2) is 0 Å². The van der Waals surface area contributed by atoms with Crippen LogP contribution in [0.15, 0.2) is 0 Å². The number of carbonyl (C=O) groups is 1. The summed E-state index contributed by atoms with van der Waals surface area (Å²) >= 11 is 0. The molecule has 1 saturated carbocycles. The van der Waals surface area contributed by atoms with E-state index in [0.29, 0.717) is 32.3 Å². The summed E-state index contributed by atoms with van der Waals surface area (Å²) in [5, 5.41) is 12.5. The smallest absolute Gasteiger partial charge is 0.237 e. The van der Waals surface area contributed by atoms with Crippen LogP contribution in [0.2, 0.25) is 0 Å². The molecule has 2 rings (SSSR count). The van der Waals surface area contributed by atoms with Crippen LogP contribution in [0.5, 0.6) is 0 Å². The fraction of sp³-hybridized carbons (Fsp3) is 0.917. The second kappa shape index (κ2) is 6.33. The maximum atomic E-state index is 12.0. The average molecular weight is 242 g/mol. The van der Waals surface area contributed by atoms with Gasteiger partial charge in [-0.15, -0.1) is 0 Å². The molecule has 1 saturated heterocycles. The Kier molecular flexibility index (Phi) is 4.76. The van der Waals surface area contributed by atoms with E-state index in [9.17, 15) is 9.90 Å². The summed E-state index contributed by atoms with van der Waals surface area (Å²) in [7, 11) is 0. The molecular formula is C12H22N2O3. The third kappa shape index (κ3) is 3.40. The molecule has 2 fully saturated rings. The Balaban J connectivity index is 1.76. The second-order valence-electron chi connectivity index (χ2n) is 4.86. The number of hydrogen-bond donors (Lipinski definition) is 2.